The van der Waals surface area contributed by atoms with Gasteiger partial charge in [-0.15, -0.1) is 11.8 Å². The molecule has 6 heteroatoms. The van der Waals surface area contributed by atoms with Gasteiger partial charge in [0.2, 0.25) is 0 Å². The third kappa shape index (κ3) is 2.45. The molecule has 0 aromatic carbocycles. The molecule has 2 unspecified atom stereocenters. The second kappa shape index (κ2) is 5.54. The summed E-state index contributed by atoms with van der Waals surface area (Å²) in [6, 6.07) is 5.45. The highest BCUT2D eigenvalue weighted by molar-refractivity contribution is 7.98. The summed E-state index contributed by atoms with van der Waals surface area (Å²) in [7, 11) is 0. The first-order chi connectivity index (χ1) is 9.69. The molecule has 2 aliphatic heterocycles. The van der Waals surface area contributed by atoms with Crippen LogP contribution in [0.1, 0.15) is 23.3 Å². The van der Waals surface area contributed by atoms with E-state index in [4.69, 9.17) is 0 Å². The minimum atomic E-state index is -0.0510. The molecule has 0 aliphatic carbocycles. The van der Waals surface area contributed by atoms with Gasteiger partial charge in [0.15, 0.2) is 0 Å². The first-order valence-electron chi connectivity index (χ1n) is 6.75. The van der Waals surface area contributed by atoms with E-state index in [0.29, 0.717) is 31.6 Å². The quantitative estimate of drug-likeness (QED) is 0.822. The number of ketones is 1. The van der Waals surface area contributed by atoms with Gasteiger partial charge < -0.3 is 10.2 Å². The van der Waals surface area contributed by atoms with Crippen LogP contribution in [-0.4, -0.2) is 53.0 Å². The normalized spacial score (nSPS) is 25.6. The molecule has 3 heterocycles. The first kappa shape index (κ1) is 13.6. The molecule has 1 amide bonds. The van der Waals surface area contributed by atoms with Gasteiger partial charge in [0.05, 0.1) is 17.1 Å². The Labute approximate surface area is 122 Å². The second-order valence-electron chi connectivity index (χ2n) is 5.19. The van der Waals surface area contributed by atoms with Crippen molar-refractivity contribution in [3.63, 3.8) is 0 Å². The lowest BCUT2D eigenvalue weighted by Crippen LogP contribution is -2.63. The van der Waals surface area contributed by atoms with Crippen molar-refractivity contribution >= 4 is 23.5 Å². The SMILES string of the molecule is CSc1cccc(C(=O)N2C3CNCC2CC(=O)C3)n1. The Morgan fingerprint density at radius 2 is 2.05 bits per heavy atom. The van der Waals surface area contributed by atoms with Crippen molar-refractivity contribution in [2.45, 2.75) is 30.0 Å². The zero-order valence-corrected chi connectivity index (χ0v) is 12.2. The van der Waals surface area contributed by atoms with E-state index < -0.39 is 0 Å². The number of nitrogens with zero attached hydrogens (tertiary/aromatic N) is 2. The van der Waals surface area contributed by atoms with E-state index in [-0.39, 0.29) is 23.8 Å². The third-order valence-corrected chi connectivity index (χ3v) is 4.51. The maximum Gasteiger partial charge on any atom is 0.273 e. The van der Waals surface area contributed by atoms with Crippen LogP contribution in [0.4, 0.5) is 0 Å². The van der Waals surface area contributed by atoms with Crippen LogP contribution in [0, 0.1) is 0 Å². The molecule has 20 heavy (non-hydrogen) atoms. The molecule has 1 N–H and O–H groups in total. The van der Waals surface area contributed by atoms with Crippen molar-refractivity contribution in [2.24, 2.45) is 0 Å². The van der Waals surface area contributed by atoms with E-state index in [0.717, 1.165) is 5.03 Å². The number of rotatable bonds is 2. The number of aromatic nitrogens is 1. The summed E-state index contributed by atoms with van der Waals surface area (Å²) in [4.78, 5) is 30.6. The fourth-order valence-corrected chi connectivity index (χ4v) is 3.38. The Morgan fingerprint density at radius 1 is 1.35 bits per heavy atom. The topological polar surface area (TPSA) is 62.3 Å². The number of nitrogens with one attached hydrogen (secondary N) is 1. The van der Waals surface area contributed by atoms with Gasteiger partial charge in [-0.05, 0) is 18.4 Å². The Hall–Kier alpha value is -1.40. The lowest BCUT2D eigenvalue weighted by atomic mass is 9.91. The predicted molar refractivity (Wildman–Crippen MR) is 76.9 cm³/mol. The van der Waals surface area contributed by atoms with Crippen LogP contribution < -0.4 is 5.32 Å². The fourth-order valence-electron chi connectivity index (χ4n) is 2.97. The van der Waals surface area contributed by atoms with Gasteiger partial charge in [0.1, 0.15) is 11.5 Å². The molecule has 3 rings (SSSR count). The minimum absolute atomic E-state index is 0.0257. The number of thioether (sulfide) groups is 1. The standard InChI is InChI=1S/C14H17N3O2S/c1-20-13-4-2-3-12(16-13)14(19)17-9-5-11(18)6-10(17)8-15-7-9/h2-4,9-10,15H,5-8H2,1H3. The van der Waals surface area contributed by atoms with Crippen LogP contribution >= 0.6 is 11.8 Å². The number of carbonyl (C=O) groups is 2. The molecular weight excluding hydrogens is 274 g/mol. The second-order valence-corrected chi connectivity index (χ2v) is 6.02. The lowest BCUT2D eigenvalue weighted by Gasteiger charge is -2.45. The number of fused-ring (bicyclic) bond motifs is 2. The molecule has 1 aromatic rings. The number of piperazine rings is 1. The Bertz CT molecular complexity index is 533. The zero-order chi connectivity index (χ0) is 14.1. The van der Waals surface area contributed by atoms with Crippen molar-refractivity contribution in [3.05, 3.63) is 23.9 Å². The smallest absolute Gasteiger partial charge is 0.273 e. The summed E-state index contributed by atoms with van der Waals surface area (Å²) in [5.41, 5.74) is 0.475. The van der Waals surface area contributed by atoms with E-state index in [1.165, 1.54) is 11.8 Å². The number of Topliss-reactive ketones (excluding diaryl/α,β-unsaturated/α-hetero) is 1. The van der Waals surface area contributed by atoms with Crippen LogP contribution in [0.15, 0.2) is 23.2 Å². The van der Waals surface area contributed by atoms with Gasteiger partial charge in [0.25, 0.3) is 5.91 Å². The number of amides is 1. The third-order valence-electron chi connectivity index (χ3n) is 3.86. The van der Waals surface area contributed by atoms with Gasteiger partial charge >= 0.3 is 0 Å². The van der Waals surface area contributed by atoms with Crippen molar-refractivity contribution in [3.8, 4) is 0 Å². The molecule has 2 saturated heterocycles. The molecule has 106 valence electrons. The van der Waals surface area contributed by atoms with Gasteiger partial charge in [-0.2, -0.15) is 0 Å². The number of pyridine rings is 1. The maximum absolute atomic E-state index is 12.7. The summed E-state index contributed by atoms with van der Waals surface area (Å²) < 4.78 is 0. The monoisotopic (exact) mass is 291 g/mol. The van der Waals surface area contributed by atoms with E-state index in [1.807, 2.05) is 23.3 Å². The molecular formula is C14H17N3O2S. The van der Waals surface area contributed by atoms with Gasteiger partial charge in [-0.1, -0.05) is 6.07 Å². The number of hydrogen-bond donors (Lipinski definition) is 1. The van der Waals surface area contributed by atoms with Crippen LogP contribution in [0.2, 0.25) is 0 Å². The zero-order valence-electron chi connectivity index (χ0n) is 11.3. The van der Waals surface area contributed by atoms with Gasteiger partial charge in [0, 0.05) is 25.9 Å². The summed E-state index contributed by atoms with van der Waals surface area (Å²) in [6.45, 7) is 1.38. The van der Waals surface area contributed by atoms with Gasteiger partial charge in [-0.3, -0.25) is 9.59 Å². The first-order valence-corrected chi connectivity index (χ1v) is 7.97. The summed E-state index contributed by atoms with van der Waals surface area (Å²) >= 11 is 1.52. The fraction of sp³-hybridized carbons (Fsp3) is 0.500. The molecule has 2 fully saturated rings. The Morgan fingerprint density at radius 3 is 2.70 bits per heavy atom. The summed E-state index contributed by atoms with van der Waals surface area (Å²) in [5, 5.41) is 4.14. The number of piperidine rings is 1. The average Bonchev–Trinajstić information content (AvgIpc) is 2.45. The molecule has 2 atom stereocenters. The molecule has 0 spiro atoms. The minimum Gasteiger partial charge on any atom is -0.328 e. The summed E-state index contributed by atoms with van der Waals surface area (Å²) in [5.74, 6) is 0.210. The van der Waals surface area contributed by atoms with Crippen LogP contribution in [-0.2, 0) is 4.79 Å². The Kier molecular flexibility index (Phi) is 3.76. The molecule has 1 aromatic heterocycles. The van der Waals surface area contributed by atoms with E-state index in [2.05, 4.69) is 10.3 Å². The van der Waals surface area contributed by atoms with Crippen LogP contribution in [0.3, 0.4) is 0 Å². The van der Waals surface area contributed by atoms with E-state index in [9.17, 15) is 9.59 Å². The highest BCUT2D eigenvalue weighted by atomic mass is 32.2. The van der Waals surface area contributed by atoms with Crippen LogP contribution in [0.25, 0.3) is 0 Å². The van der Waals surface area contributed by atoms with Crippen LogP contribution in [0.5, 0.6) is 0 Å². The van der Waals surface area contributed by atoms with Crippen molar-refractivity contribution in [2.75, 3.05) is 19.3 Å². The molecule has 2 bridgehead atoms. The van der Waals surface area contributed by atoms with E-state index in [1.54, 1.807) is 6.07 Å². The van der Waals surface area contributed by atoms with Crippen molar-refractivity contribution < 1.29 is 9.59 Å². The number of carbonyl (C=O) groups excluding carboxylic acids is 2. The van der Waals surface area contributed by atoms with E-state index >= 15 is 0 Å². The largest absolute Gasteiger partial charge is 0.328 e. The molecule has 0 saturated carbocycles. The maximum atomic E-state index is 12.7. The molecule has 2 aliphatic rings. The highest BCUT2D eigenvalue weighted by Gasteiger charge is 2.40. The Balaban J connectivity index is 1.87. The predicted octanol–water partition coefficient (Wildman–Crippen LogP) is 0.949. The summed E-state index contributed by atoms with van der Waals surface area (Å²) in [6.07, 6.45) is 2.85. The van der Waals surface area contributed by atoms with Crippen molar-refractivity contribution in [1.82, 2.24) is 15.2 Å². The van der Waals surface area contributed by atoms with Gasteiger partial charge in [-0.25, -0.2) is 4.98 Å². The lowest BCUT2D eigenvalue weighted by molar-refractivity contribution is -0.125. The number of hydrogen-bond acceptors (Lipinski definition) is 5. The van der Waals surface area contributed by atoms with Crippen molar-refractivity contribution in [1.29, 1.82) is 0 Å². The average molecular weight is 291 g/mol. The molecule has 0 radical (unpaired) electrons. The molecule has 5 nitrogen and oxygen atoms in total. The highest BCUT2D eigenvalue weighted by Crippen LogP contribution is 2.25.